The van der Waals surface area contributed by atoms with Gasteiger partial charge < -0.3 is 0 Å². The number of hydrogen-bond acceptors (Lipinski definition) is 5. The predicted molar refractivity (Wildman–Crippen MR) is 103 cm³/mol. The van der Waals surface area contributed by atoms with E-state index in [1.165, 1.54) is 16.9 Å². The van der Waals surface area contributed by atoms with Gasteiger partial charge in [-0.1, -0.05) is 0 Å². The van der Waals surface area contributed by atoms with Crippen molar-refractivity contribution in [2.45, 2.75) is 48.4 Å². The van der Waals surface area contributed by atoms with Gasteiger partial charge in [-0.2, -0.15) is 74.6 Å². The van der Waals surface area contributed by atoms with E-state index >= 15 is 0 Å². The van der Waals surface area contributed by atoms with Gasteiger partial charge in [0.1, 0.15) is 0 Å². The standard InChI is InChI=1S/C17H4BrF17O3S2/c18-8-4-3-6(40-8)5-1-2-7(39-5)9(36)10(19,13(23,24)25)37-17(34,35)12(22,15(29,30)31)38-16(32,33)11(20,21)14(26,27)28/h1-4H. The summed E-state index contributed by atoms with van der Waals surface area (Å²) >= 11 is 3.71. The van der Waals surface area contributed by atoms with Crippen molar-refractivity contribution in [1.29, 1.82) is 0 Å². The number of hydrogen-bond donors (Lipinski definition) is 0. The number of Topliss-reactive ketones (excluding diaryl/α,β-unsaturated/α-hetero) is 1. The minimum atomic E-state index is -8.05. The van der Waals surface area contributed by atoms with Crippen LogP contribution in [0.3, 0.4) is 0 Å². The number of alkyl halides is 17. The van der Waals surface area contributed by atoms with E-state index in [0.29, 0.717) is 9.85 Å². The van der Waals surface area contributed by atoms with E-state index in [-0.39, 0.29) is 21.1 Å². The highest BCUT2D eigenvalue weighted by molar-refractivity contribution is 9.11. The zero-order chi connectivity index (χ0) is 31.5. The van der Waals surface area contributed by atoms with Gasteiger partial charge in [0.15, 0.2) is 0 Å². The van der Waals surface area contributed by atoms with Crippen molar-refractivity contribution in [2.75, 3.05) is 0 Å². The number of thiophene rings is 2. The summed E-state index contributed by atoms with van der Waals surface area (Å²) in [5.41, 5.74) is 0. The first-order valence-corrected chi connectivity index (χ1v) is 11.5. The Morgan fingerprint density at radius 3 is 1.48 bits per heavy atom. The summed E-state index contributed by atoms with van der Waals surface area (Å²) in [4.78, 5) is 10.6. The first kappa shape index (κ1) is 34.5. The Hall–Kier alpha value is -1.72. The molecule has 0 amide bonds. The molecule has 2 heterocycles. The summed E-state index contributed by atoms with van der Waals surface area (Å²) in [5, 5.41) is 0. The van der Waals surface area contributed by atoms with Gasteiger partial charge in [0.05, 0.1) is 8.66 Å². The fraction of sp³-hybridized carbons (Fsp3) is 0.471. The molecule has 0 aliphatic rings. The van der Waals surface area contributed by atoms with Crippen molar-refractivity contribution in [3.8, 4) is 9.75 Å². The first-order chi connectivity index (χ1) is 17.5. The molecule has 0 aliphatic heterocycles. The topological polar surface area (TPSA) is 35.5 Å². The highest BCUT2D eigenvalue weighted by Crippen LogP contribution is 2.57. The van der Waals surface area contributed by atoms with E-state index in [1.807, 2.05) is 0 Å². The van der Waals surface area contributed by atoms with E-state index in [2.05, 4.69) is 20.7 Å². The Morgan fingerprint density at radius 1 is 0.600 bits per heavy atom. The Kier molecular flexibility index (Phi) is 8.81. The van der Waals surface area contributed by atoms with Gasteiger partial charge in [0, 0.05) is 9.75 Å². The molecule has 2 aromatic rings. The van der Waals surface area contributed by atoms with Gasteiger partial charge in [-0.25, -0.2) is 0 Å². The van der Waals surface area contributed by atoms with Crippen LogP contribution in [-0.2, 0) is 9.47 Å². The number of rotatable bonds is 9. The number of ether oxygens (including phenoxy) is 2. The molecule has 0 saturated carbocycles. The molecule has 0 saturated heterocycles. The van der Waals surface area contributed by atoms with E-state index in [1.54, 1.807) is 0 Å². The third-order valence-electron chi connectivity index (χ3n) is 4.30. The lowest BCUT2D eigenvalue weighted by Crippen LogP contribution is -2.68. The third kappa shape index (κ3) is 5.93. The van der Waals surface area contributed by atoms with Gasteiger partial charge in [0.25, 0.3) is 0 Å². The molecule has 0 spiro atoms. The van der Waals surface area contributed by atoms with Crippen LogP contribution in [0.5, 0.6) is 0 Å². The fourth-order valence-corrected chi connectivity index (χ4v) is 4.82. The monoisotopic (exact) mass is 722 g/mol. The molecule has 0 fully saturated rings. The van der Waals surface area contributed by atoms with Gasteiger partial charge in [-0.3, -0.25) is 14.3 Å². The van der Waals surface area contributed by atoms with Crippen LogP contribution < -0.4 is 0 Å². The quantitative estimate of drug-likeness (QED) is 0.191. The summed E-state index contributed by atoms with van der Waals surface area (Å²) in [6.45, 7) is 0. The van der Waals surface area contributed by atoms with Crippen LogP contribution in [0.4, 0.5) is 74.6 Å². The maximum absolute atomic E-state index is 14.8. The molecule has 0 aromatic carbocycles. The fourth-order valence-electron chi connectivity index (χ4n) is 2.36. The second-order valence-corrected chi connectivity index (χ2v) is 10.6. The lowest BCUT2D eigenvalue weighted by molar-refractivity contribution is -0.547. The third-order valence-corrected chi connectivity index (χ3v) is 7.20. The Balaban J connectivity index is 2.61. The zero-order valence-electron chi connectivity index (χ0n) is 17.7. The second kappa shape index (κ2) is 10.2. The Bertz CT molecular complexity index is 1230. The van der Waals surface area contributed by atoms with Crippen molar-refractivity contribution in [2.24, 2.45) is 0 Å². The molecule has 0 aliphatic carbocycles. The molecule has 2 aromatic heterocycles. The SMILES string of the molecule is O=C(c1ccc(-c2ccc(Br)s2)s1)C(F)(OC(F)(F)C(F)(OC(F)(F)C(F)(F)C(F)(F)F)C(F)(F)F)C(F)(F)F. The van der Waals surface area contributed by atoms with Crippen LogP contribution in [0.15, 0.2) is 28.1 Å². The highest BCUT2D eigenvalue weighted by atomic mass is 79.9. The molecule has 0 bridgehead atoms. The van der Waals surface area contributed by atoms with E-state index < -0.39 is 59.0 Å². The van der Waals surface area contributed by atoms with E-state index in [0.717, 1.165) is 17.4 Å². The summed E-state index contributed by atoms with van der Waals surface area (Å²) in [5.74, 6) is -26.0. The molecular weight excluding hydrogens is 719 g/mol. The van der Waals surface area contributed by atoms with Crippen molar-refractivity contribution < 1.29 is 88.9 Å². The van der Waals surface area contributed by atoms with Crippen molar-refractivity contribution >= 4 is 44.4 Å². The number of carbonyl (C=O) groups excluding carboxylic acids is 1. The molecule has 228 valence electrons. The van der Waals surface area contributed by atoms with Crippen LogP contribution in [0.2, 0.25) is 0 Å². The molecule has 3 nitrogen and oxygen atoms in total. The van der Waals surface area contributed by atoms with Crippen molar-refractivity contribution in [3.63, 3.8) is 0 Å². The minimum absolute atomic E-state index is 0.111. The van der Waals surface area contributed by atoms with Gasteiger partial charge in [-0.05, 0) is 40.2 Å². The summed E-state index contributed by atoms with van der Waals surface area (Å²) in [7, 11) is 0. The lowest BCUT2D eigenvalue weighted by Gasteiger charge is -2.40. The van der Waals surface area contributed by atoms with Gasteiger partial charge in [-0.15, -0.1) is 22.7 Å². The normalized spacial score (nSPS) is 17.4. The van der Waals surface area contributed by atoms with Crippen LogP contribution in [-0.4, -0.2) is 54.2 Å². The average Bonchev–Trinajstić information content (AvgIpc) is 3.38. The predicted octanol–water partition coefficient (Wildman–Crippen LogP) is 9.29. The maximum atomic E-state index is 14.8. The Morgan fingerprint density at radius 2 is 1.07 bits per heavy atom. The highest BCUT2D eigenvalue weighted by Gasteiger charge is 2.85. The largest absolute Gasteiger partial charge is 0.462 e. The summed E-state index contributed by atoms with van der Waals surface area (Å²) < 4.78 is 229. The average molecular weight is 723 g/mol. The molecule has 2 unspecified atom stereocenters. The molecule has 0 radical (unpaired) electrons. The van der Waals surface area contributed by atoms with Crippen LogP contribution in [0.25, 0.3) is 9.75 Å². The van der Waals surface area contributed by atoms with E-state index in [4.69, 9.17) is 0 Å². The summed E-state index contributed by atoms with van der Waals surface area (Å²) in [6.07, 6.45) is -38.5. The summed E-state index contributed by atoms with van der Waals surface area (Å²) in [6, 6.07) is 3.71. The molecule has 2 atom stereocenters. The maximum Gasteiger partial charge on any atom is 0.462 e. The molecule has 0 N–H and O–H groups in total. The number of halogens is 18. The Labute approximate surface area is 224 Å². The van der Waals surface area contributed by atoms with Crippen molar-refractivity contribution in [3.05, 3.63) is 32.9 Å². The lowest BCUT2D eigenvalue weighted by atomic mass is 10.1. The molecule has 23 heteroatoms. The van der Waals surface area contributed by atoms with E-state index in [9.17, 15) is 79.4 Å². The van der Waals surface area contributed by atoms with Crippen LogP contribution in [0.1, 0.15) is 9.67 Å². The van der Waals surface area contributed by atoms with Gasteiger partial charge >= 0.3 is 48.4 Å². The van der Waals surface area contributed by atoms with Crippen LogP contribution >= 0.6 is 38.6 Å². The van der Waals surface area contributed by atoms with Crippen LogP contribution in [0, 0.1) is 0 Å². The minimum Gasteiger partial charge on any atom is -0.286 e. The number of ketones is 1. The molecule has 40 heavy (non-hydrogen) atoms. The second-order valence-electron chi connectivity index (χ2n) is 7.09. The van der Waals surface area contributed by atoms with Crippen molar-refractivity contribution in [1.82, 2.24) is 0 Å². The molecule has 2 rings (SSSR count). The van der Waals surface area contributed by atoms with Gasteiger partial charge in [0.2, 0.25) is 5.78 Å². The smallest absolute Gasteiger partial charge is 0.286 e. The first-order valence-electron chi connectivity index (χ1n) is 9.06. The molecular formula is C17H4BrF17O3S2. The number of carbonyl (C=O) groups is 1. The zero-order valence-corrected chi connectivity index (χ0v) is 20.9.